The van der Waals surface area contributed by atoms with Crippen LogP contribution in [0.1, 0.15) is 11.9 Å². The number of aryl methyl sites for hydroxylation is 1. The highest BCUT2D eigenvalue weighted by Crippen LogP contribution is 2.27. The Morgan fingerprint density at radius 3 is 2.74 bits per heavy atom. The average molecular weight is 383 g/mol. The van der Waals surface area contributed by atoms with E-state index in [1.165, 1.54) is 29.5 Å². The lowest BCUT2D eigenvalue weighted by molar-refractivity contribution is 0.601. The molecule has 0 saturated heterocycles. The molecule has 0 spiro atoms. The van der Waals surface area contributed by atoms with Crippen LogP contribution in [0.4, 0.5) is 5.13 Å². The number of halogens is 2. The molecule has 5 nitrogen and oxygen atoms in total. The van der Waals surface area contributed by atoms with Crippen LogP contribution in [0.5, 0.6) is 0 Å². The third-order valence-corrected chi connectivity index (χ3v) is 5.86. The molecule has 1 aromatic heterocycles. The SMILES string of the molecule is CCc1nnc(NS(=O)(=O)c2ccc(Cl)c(Br)c2)s1. The highest BCUT2D eigenvalue weighted by Gasteiger charge is 2.17. The van der Waals surface area contributed by atoms with E-state index in [0.29, 0.717) is 15.9 Å². The van der Waals surface area contributed by atoms with Crippen molar-refractivity contribution in [1.29, 1.82) is 0 Å². The molecule has 0 amide bonds. The van der Waals surface area contributed by atoms with E-state index in [1.807, 2.05) is 6.92 Å². The van der Waals surface area contributed by atoms with E-state index in [-0.39, 0.29) is 10.0 Å². The van der Waals surface area contributed by atoms with Crippen LogP contribution in [-0.2, 0) is 16.4 Å². The first-order valence-corrected chi connectivity index (χ1v) is 8.69. The fourth-order valence-electron chi connectivity index (χ4n) is 1.26. The van der Waals surface area contributed by atoms with Crippen LogP contribution >= 0.6 is 38.9 Å². The van der Waals surface area contributed by atoms with Crippen molar-refractivity contribution in [3.63, 3.8) is 0 Å². The van der Waals surface area contributed by atoms with Gasteiger partial charge in [-0.05, 0) is 40.5 Å². The topological polar surface area (TPSA) is 72.0 Å². The molecule has 1 heterocycles. The van der Waals surface area contributed by atoms with E-state index in [0.717, 1.165) is 5.01 Å². The summed E-state index contributed by atoms with van der Waals surface area (Å²) in [5.74, 6) is 0. The number of hydrogen-bond acceptors (Lipinski definition) is 5. The monoisotopic (exact) mass is 381 g/mol. The Morgan fingerprint density at radius 2 is 2.16 bits per heavy atom. The van der Waals surface area contributed by atoms with Crippen molar-refractivity contribution in [2.24, 2.45) is 0 Å². The second kappa shape index (κ2) is 5.74. The molecule has 19 heavy (non-hydrogen) atoms. The van der Waals surface area contributed by atoms with Gasteiger partial charge in [0.2, 0.25) is 5.13 Å². The molecule has 0 radical (unpaired) electrons. The summed E-state index contributed by atoms with van der Waals surface area (Å²) in [6.07, 6.45) is 0.714. The van der Waals surface area contributed by atoms with Crippen LogP contribution in [-0.4, -0.2) is 18.6 Å². The smallest absolute Gasteiger partial charge is 0.253 e. The van der Waals surface area contributed by atoms with Crippen LogP contribution in [0.25, 0.3) is 0 Å². The summed E-state index contributed by atoms with van der Waals surface area (Å²) in [7, 11) is -3.68. The number of anilines is 1. The Bertz CT molecular complexity index is 703. The minimum absolute atomic E-state index is 0.108. The zero-order valence-electron chi connectivity index (χ0n) is 9.72. The molecule has 2 rings (SSSR count). The Labute approximate surface area is 128 Å². The van der Waals surface area contributed by atoms with E-state index >= 15 is 0 Å². The first kappa shape index (κ1) is 14.7. The zero-order valence-corrected chi connectivity index (χ0v) is 13.7. The van der Waals surface area contributed by atoms with E-state index in [4.69, 9.17) is 11.6 Å². The summed E-state index contributed by atoms with van der Waals surface area (Å²) in [6, 6.07) is 4.38. The van der Waals surface area contributed by atoms with Crippen molar-refractivity contribution >= 4 is 54.0 Å². The molecule has 0 aliphatic heterocycles. The molecule has 1 aromatic carbocycles. The van der Waals surface area contributed by atoms with Gasteiger partial charge < -0.3 is 0 Å². The average Bonchev–Trinajstić information content (AvgIpc) is 2.79. The second-order valence-electron chi connectivity index (χ2n) is 3.54. The van der Waals surface area contributed by atoms with Crippen molar-refractivity contribution < 1.29 is 8.42 Å². The van der Waals surface area contributed by atoms with E-state index < -0.39 is 10.0 Å². The van der Waals surface area contributed by atoms with Crippen molar-refractivity contribution in [1.82, 2.24) is 10.2 Å². The molecule has 0 atom stereocenters. The fraction of sp³-hybridized carbons (Fsp3) is 0.200. The van der Waals surface area contributed by atoms with Gasteiger partial charge in [-0.1, -0.05) is 29.9 Å². The second-order valence-corrected chi connectivity index (χ2v) is 7.54. The Morgan fingerprint density at radius 1 is 1.42 bits per heavy atom. The van der Waals surface area contributed by atoms with Gasteiger partial charge in [0.15, 0.2) is 0 Å². The van der Waals surface area contributed by atoms with E-state index in [1.54, 1.807) is 0 Å². The van der Waals surface area contributed by atoms with Gasteiger partial charge in [0.1, 0.15) is 5.01 Å². The summed E-state index contributed by atoms with van der Waals surface area (Å²) in [5, 5.41) is 9.11. The standard InChI is InChI=1S/C10H9BrClN3O2S2/c1-2-9-13-14-10(18-9)15-19(16,17)6-3-4-8(12)7(11)5-6/h3-5H,2H2,1H3,(H,14,15). The van der Waals surface area contributed by atoms with E-state index in [9.17, 15) is 8.42 Å². The Hall–Kier alpha value is -0.700. The van der Waals surface area contributed by atoms with Crippen LogP contribution in [0, 0.1) is 0 Å². The van der Waals surface area contributed by atoms with Gasteiger partial charge in [-0.2, -0.15) is 0 Å². The molecule has 0 unspecified atom stereocenters. The summed E-state index contributed by atoms with van der Waals surface area (Å²) in [4.78, 5) is 0.108. The van der Waals surface area contributed by atoms with Crippen LogP contribution in [0.2, 0.25) is 5.02 Å². The lowest BCUT2D eigenvalue weighted by Crippen LogP contribution is -2.12. The number of rotatable bonds is 4. The van der Waals surface area contributed by atoms with Crippen LogP contribution < -0.4 is 4.72 Å². The Balaban J connectivity index is 2.29. The predicted molar refractivity (Wildman–Crippen MR) is 79.2 cm³/mol. The molecule has 0 bridgehead atoms. The van der Waals surface area contributed by atoms with Gasteiger partial charge in [0.05, 0.1) is 9.92 Å². The number of nitrogens with one attached hydrogen (secondary N) is 1. The summed E-state index contributed by atoms with van der Waals surface area (Å²) in [5.41, 5.74) is 0. The van der Waals surface area contributed by atoms with Gasteiger partial charge in [0.25, 0.3) is 10.0 Å². The summed E-state index contributed by atoms with van der Waals surface area (Å²) < 4.78 is 27.2. The fourth-order valence-corrected chi connectivity index (χ4v) is 3.84. The number of aromatic nitrogens is 2. The quantitative estimate of drug-likeness (QED) is 0.880. The normalized spacial score (nSPS) is 11.5. The van der Waals surface area contributed by atoms with Crippen molar-refractivity contribution in [2.45, 2.75) is 18.2 Å². The maximum Gasteiger partial charge on any atom is 0.263 e. The molecule has 1 N–H and O–H groups in total. The highest BCUT2D eigenvalue weighted by atomic mass is 79.9. The van der Waals surface area contributed by atoms with Gasteiger partial charge in [-0.3, -0.25) is 4.72 Å². The highest BCUT2D eigenvalue weighted by molar-refractivity contribution is 9.10. The molecule has 0 aliphatic rings. The maximum atomic E-state index is 12.1. The lowest BCUT2D eigenvalue weighted by atomic mass is 10.4. The number of hydrogen-bond donors (Lipinski definition) is 1. The van der Waals surface area contributed by atoms with Gasteiger partial charge in [-0.25, -0.2) is 8.42 Å². The largest absolute Gasteiger partial charge is 0.263 e. The van der Waals surface area contributed by atoms with Crippen molar-refractivity contribution in [2.75, 3.05) is 4.72 Å². The maximum absolute atomic E-state index is 12.1. The molecule has 0 fully saturated rings. The third-order valence-electron chi connectivity index (χ3n) is 2.19. The first-order chi connectivity index (χ1) is 8.92. The minimum atomic E-state index is -3.68. The van der Waals surface area contributed by atoms with Gasteiger partial charge >= 0.3 is 0 Å². The summed E-state index contributed by atoms with van der Waals surface area (Å²) in [6.45, 7) is 1.93. The third kappa shape index (κ3) is 3.44. The molecule has 102 valence electrons. The molecule has 0 aliphatic carbocycles. The molecule has 2 aromatic rings. The van der Waals surface area contributed by atoms with Crippen LogP contribution in [0.3, 0.4) is 0 Å². The van der Waals surface area contributed by atoms with Gasteiger partial charge in [-0.15, -0.1) is 10.2 Å². The number of benzene rings is 1. The first-order valence-electron chi connectivity index (χ1n) is 5.22. The number of nitrogens with zero attached hydrogens (tertiary/aromatic N) is 2. The molecule has 0 saturated carbocycles. The van der Waals surface area contributed by atoms with Gasteiger partial charge in [0, 0.05) is 4.47 Å². The van der Waals surface area contributed by atoms with Crippen LogP contribution in [0.15, 0.2) is 27.6 Å². The molecule has 9 heteroatoms. The summed E-state index contributed by atoms with van der Waals surface area (Å²) >= 11 is 10.2. The van der Waals surface area contributed by atoms with Crippen molar-refractivity contribution in [3.8, 4) is 0 Å². The molecular formula is C10H9BrClN3O2S2. The predicted octanol–water partition coefficient (Wildman–Crippen LogP) is 3.32. The Kier molecular flexibility index (Phi) is 4.44. The van der Waals surface area contributed by atoms with E-state index in [2.05, 4.69) is 30.8 Å². The lowest BCUT2D eigenvalue weighted by Gasteiger charge is -2.05. The number of sulfonamides is 1. The zero-order chi connectivity index (χ0) is 14.0. The van der Waals surface area contributed by atoms with Crippen molar-refractivity contribution in [3.05, 3.63) is 32.7 Å². The minimum Gasteiger partial charge on any atom is -0.253 e. The molecular weight excluding hydrogens is 374 g/mol.